The first-order chi connectivity index (χ1) is 12.6. The highest BCUT2D eigenvalue weighted by Gasteiger charge is 2.37. The summed E-state index contributed by atoms with van der Waals surface area (Å²) in [5.74, 6) is -0.391. The van der Waals surface area contributed by atoms with E-state index in [4.69, 9.17) is 18.9 Å². The number of hydrogen-bond acceptors (Lipinski definition) is 6. The summed E-state index contributed by atoms with van der Waals surface area (Å²) >= 11 is 0. The molecular formula is C20H34O6. The van der Waals surface area contributed by atoms with Crippen molar-refractivity contribution < 1.29 is 28.5 Å². The van der Waals surface area contributed by atoms with Crippen LogP contribution in [0.2, 0.25) is 0 Å². The summed E-state index contributed by atoms with van der Waals surface area (Å²) in [7, 11) is 0. The van der Waals surface area contributed by atoms with Crippen LogP contribution in [0.4, 0.5) is 0 Å². The Morgan fingerprint density at radius 3 is 1.46 bits per heavy atom. The lowest BCUT2D eigenvalue weighted by Crippen LogP contribution is -2.10. The van der Waals surface area contributed by atoms with E-state index in [1.54, 1.807) is 0 Å². The molecule has 0 aromatic heterocycles. The second-order valence-electron chi connectivity index (χ2n) is 7.23. The molecule has 2 aliphatic heterocycles. The van der Waals surface area contributed by atoms with Crippen molar-refractivity contribution in [3.8, 4) is 0 Å². The van der Waals surface area contributed by atoms with Crippen LogP contribution < -0.4 is 0 Å². The number of hydrogen-bond donors (Lipinski definition) is 0. The van der Waals surface area contributed by atoms with Crippen LogP contribution in [-0.2, 0) is 28.5 Å². The first-order valence-corrected chi connectivity index (χ1v) is 10.3. The molecule has 6 nitrogen and oxygen atoms in total. The topological polar surface area (TPSA) is 77.7 Å². The van der Waals surface area contributed by atoms with E-state index in [-0.39, 0.29) is 24.1 Å². The van der Waals surface area contributed by atoms with Crippen molar-refractivity contribution in [1.82, 2.24) is 0 Å². The van der Waals surface area contributed by atoms with Gasteiger partial charge in [0.2, 0.25) is 0 Å². The maximum absolute atomic E-state index is 11.6. The Bertz CT molecular complexity index is 398. The molecule has 2 heterocycles. The highest BCUT2D eigenvalue weighted by atomic mass is 16.6. The molecule has 2 fully saturated rings. The standard InChI is InChI=1S/C20H34O6/c1-3-7-15-17(25-15)11-13-23-19(21)9-5-6-10-20(22)24-14-12-18-16(26-18)8-4-2/h15-18H,3-14H2,1-2H3. The van der Waals surface area contributed by atoms with E-state index in [1.807, 2.05) is 0 Å². The lowest BCUT2D eigenvalue weighted by molar-refractivity contribution is -0.146. The van der Waals surface area contributed by atoms with Crippen molar-refractivity contribution in [2.75, 3.05) is 13.2 Å². The summed E-state index contributed by atoms with van der Waals surface area (Å²) in [6, 6.07) is 0. The van der Waals surface area contributed by atoms with E-state index < -0.39 is 0 Å². The molecule has 150 valence electrons. The Kier molecular flexibility index (Phi) is 9.40. The van der Waals surface area contributed by atoms with Gasteiger partial charge in [-0.3, -0.25) is 9.59 Å². The number of epoxide rings is 2. The van der Waals surface area contributed by atoms with E-state index in [0.29, 0.717) is 51.1 Å². The van der Waals surface area contributed by atoms with Crippen molar-refractivity contribution in [2.24, 2.45) is 0 Å². The monoisotopic (exact) mass is 370 g/mol. The Morgan fingerprint density at radius 1 is 0.692 bits per heavy atom. The second kappa shape index (κ2) is 11.5. The number of esters is 2. The van der Waals surface area contributed by atoms with Crippen LogP contribution in [0.1, 0.15) is 78.1 Å². The zero-order valence-electron chi connectivity index (χ0n) is 16.2. The molecule has 2 aliphatic rings. The van der Waals surface area contributed by atoms with Gasteiger partial charge in [-0.05, 0) is 25.7 Å². The molecule has 0 amide bonds. The maximum atomic E-state index is 11.6. The summed E-state index contributed by atoms with van der Waals surface area (Å²) in [5, 5.41) is 0. The minimum Gasteiger partial charge on any atom is -0.466 e. The van der Waals surface area contributed by atoms with E-state index >= 15 is 0 Å². The van der Waals surface area contributed by atoms with Gasteiger partial charge in [-0.25, -0.2) is 0 Å². The quantitative estimate of drug-likeness (QED) is 0.249. The van der Waals surface area contributed by atoms with Gasteiger partial charge in [-0.2, -0.15) is 0 Å². The zero-order chi connectivity index (χ0) is 18.8. The molecule has 0 bridgehead atoms. The lowest BCUT2D eigenvalue weighted by atomic mass is 10.1. The number of carbonyl (C=O) groups is 2. The van der Waals surface area contributed by atoms with Gasteiger partial charge in [-0.1, -0.05) is 26.7 Å². The first-order valence-electron chi connectivity index (χ1n) is 10.3. The molecule has 4 atom stereocenters. The van der Waals surface area contributed by atoms with Gasteiger partial charge < -0.3 is 18.9 Å². The fourth-order valence-electron chi connectivity index (χ4n) is 3.20. The highest BCUT2D eigenvalue weighted by molar-refractivity contribution is 5.70. The molecular weight excluding hydrogens is 336 g/mol. The summed E-state index contributed by atoms with van der Waals surface area (Å²) in [6.45, 7) is 5.12. The van der Waals surface area contributed by atoms with Crippen LogP contribution in [0, 0.1) is 0 Å². The second-order valence-corrected chi connectivity index (χ2v) is 7.23. The molecule has 0 aromatic carbocycles. The van der Waals surface area contributed by atoms with Crippen LogP contribution >= 0.6 is 0 Å². The van der Waals surface area contributed by atoms with Crippen LogP contribution in [0.25, 0.3) is 0 Å². The molecule has 0 spiro atoms. The number of ether oxygens (including phenoxy) is 4. The van der Waals surface area contributed by atoms with Gasteiger partial charge in [-0.15, -0.1) is 0 Å². The van der Waals surface area contributed by atoms with Crippen LogP contribution in [0.3, 0.4) is 0 Å². The number of rotatable bonds is 15. The smallest absolute Gasteiger partial charge is 0.305 e. The molecule has 2 saturated heterocycles. The van der Waals surface area contributed by atoms with Gasteiger partial charge >= 0.3 is 11.9 Å². The molecule has 6 heteroatoms. The summed E-state index contributed by atoms with van der Waals surface area (Å²) in [6.07, 6.45) is 9.27. The van der Waals surface area contributed by atoms with Crippen molar-refractivity contribution in [1.29, 1.82) is 0 Å². The SMILES string of the molecule is CCCC1OC1CCOC(=O)CCCCC(=O)OCCC1OC1CCC. The number of carbonyl (C=O) groups excluding carboxylic acids is 2. The minimum atomic E-state index is -0.195. The molecule has 0 N–H and O–H groups in total. The predicted octanol–water partition coefficient (Wildman–Crippen LogP) is 3.55. The molecule has 0 aromatic rings. The van der Waals surface area contributed by atoms with Gasteiger partial charge in [0.1, 0.15) is 0 Å². The Morgan fingerprint density at radius 2 is 1.08 bits per heavy atom. The van der Waals surface area contributed by atoms with Crippen LogP contribution in [0.15, 0.2) is 0 Å². The minimum absolute atomic E-state index is 0.195. The third kappa shape index (κ3) is 8.49. The van der Waals surface area contributed by atoms with Gasteiger partial charge in [0.05, 0.1) is 37.6 Å². The Balaban J connectivity index is 1.35. The predicted molar refractivity (Wildman–Crippen MR) is 96.8 cm³/mol. The van der Waals surface area contributed by atoms with Crippen molar-refractivity contribution in [3.05, 3.63) is 0 Å². The Labute approximate surface area is 156 Å². The summed E-state index contributed by atoms with van der Waals surface area (Å²) < 4.78 is 21.4. The van der Waals surface area contributed by atoms with Crippen LogP contribution in [-0.4, -0.2) is 49.6 Å². The average molecular weight is 370 g/mol. The maximum Gasteiger partial charge on any atom is 0.305 e. The summed E-state index contributed by atoms with van der Waals surface area (Å²) in [4.78, 5) is 23.3. The normalized spacial score (nSPS) is 26.4. The van der Waals surface area contributed by atoms with Crippen molar-refractivity contribution in [2.45, 2.75) is 102 Å². The molecule has 2 rings (SSSR count). The molecule has 26 heavy (non-hydrogen) atoms. The fourth-order valence-corrected chi connectivity index (χ4v) is 3.20. The third-order valence-corrected chi connectivity index (χ3v) is 4.86. The third-order valence-electron chi connectivity index (χ3n) is 4.86. The first kappa shape index (κ1) is 21.2. The van der Waals surface area contributed by atoms with Gasteiger partial charge in [0.15, 0.2) is 0 Å². The molecule has 0 aliphatic carbocycles. The summed E-state index contributed by atoms with van der Waals surface area (Å²) in [5.41, 5.74) is 0. The van der Waals surface area contributed by atoms with E-state index in [9.17, 15) is 9.59 Å². The van der Waals surface area contributed by atoms with Gasteiger partial charge in [0, 0.05) is 25.7 Å². The van der Waals surface area contributed by atoms with Crippen molar-refractivity contribution in [3.63, 3.8) is 0 Å². The van der Waals surface area contributed by atoms with E-state index in [1.165, 1.54) is 0 Å². The van der Waals surface area contributed by atoms with E-state index in [2.05, 4.69) is 13.8 Å². The van der Waals surface area contributed by atoms with E-state index in [0.717, 1.165) is 38.5 Å². The largest absolute Gasteiger partial charge is 0.466 e. The van der Waals surface area contributed by atoms with Gasteiger partial charge in [0.25, 0.3) is 0 Å². The zero-order valence-corrected chi connectivity index (χ0v) is 16.2. The lowest BCUT2D eigenvalue weighted by Gasteiger charge is -2.05. The van der Waals surface area contributed by atoms with Crippen LogP contribution in [0.5, 0.6) is 0 Å². The Hall–Kier alpha value is -1.14. The molecule has 0 saturated carbocycles. The van der Waals surface area contributed by atoms with Crippen molar-refractivity contribution >= 4 is 11.9 Å². The molecule has 0 radical (unpaired) electrons. The average Bonchev–Trinajstić information content (AvgIpc) is 3.51. The number of unbranched alkanes of at least 4 members (excludes halogenated alkanes) is 1. The fraction of sp³-hybridized carbons (Fsp3) is 0.900. The highest BCUT2D eigenvalue weighted by Crippen LogP contribution is 2.29. The molecule has 4 unspecified atom stereocenters.